The Morgan fingerprint density at radius 3 is 2.52 bits per heavy atom. The van der Waals surface area contributed by atoms with Crippen LogP contribution in [0.3, 0.4) is 0 Å². The molecule has 1 atom stereocenters. The number of hydrogen-bond donors (Lipinski definition) is 1. The van der Waals surface area contributed by atoms with E-state index in [1.54, 1.807) is 14.2 Å². The molecule has 2 aliphatic heterocycles. The second kappa shape index (κ2) is 9.57. The first-order valence-corrected chi connectivity index (χ1v) is 10.1. The van der Waals surface area contributed by atoms with E-state index in [0.717, 1.165) is 75.3 Å². The third-order valence-corrected chi connectivity index (χ3v) is 5.80. The van der Waals surface area contributed by atoms with Crippen molar-refractivity contribution in [2.45, 2.75) is 32.4 Å². The summed E-state index contributed by atoms with van der Waals surface area (Å²) in [6.45, 7) is 8.63. The molecule has 3 rings (SSSR count). The Morgan fingerprint density at radius 1 is 1.19 bits per heavy atom. The fourth-order valence-electron chi connectivity index (χ4n) is 3.66. The summed E-state index contributed by atoms with van der Waals surface area (Å²) in [7, 11) is 3.35. The number of methoxy groups -OCH3 is 2. The Balaban J connectivity index is 1.48. The van der Waals surface area contributed by atoms with Gasteiger partial charge in [0, 0.05) is 45.9 Å². The van der Waals surface area contributed by atoms with E-state index in [2.05, 4.69) is 34.2 Å². The van der Waals surface area contributed by atoms with Crippen molar-refractivity contribution >= 4 is 17.3 Å². The Kier molecular flexibility index (Phi) is 7.15. The largest absolute Gasteiger partial charge is 0.493 e. The Bertz CT molecular complexity index is 642. The maximum atomic E-state index is 5.65. The quantitative estimate of drug-likeness (QED) is 0.744. The van der Waals surface area contributed by atoms with Crippen LogP contribution in [-0.4, -0.2) is 74.6 Å². The van der Waals surface area contributed by atoms with Crippen LogP contribution < -0.4 is 14.8 Å². The second-order valence-corrected chi connectivity index (χ2v) is 7.60. The molecule has 150 valence electrons. The highest BCUT2D eigenvalue weighted by molar-refractivity contribution is 7.80. The van der Waals surface area contributed by atoms with Crippen molar-refractivity contribution in [3.05, 3.63) is 23.3 Å². The highest BCUT2D eigenvalue weighted by atomic mass is 32.1. The molecule has 27 heavy (non-hydrogen) atoms. The number of nitrogens with zero attached hydrogens (tertiary/aromatic N) is 2. The lowest BCUT2D eigenvalue weighted by Gasteiger charge is -2.36. The smallest absolute Gasteiger partial charge is 0.169 e. The minimum atomic E-state index is 0.317. The van der Waals surface area contributed by atoms with Gasteiger partial charge >= 0.3 is 0 Å². The molecule has 2 aliphatic rings. The molecule has 0 radical (unpaired) electrons. The topological polar surface area (TPSA) is 46.2 Å². The molecular formula is C20H31N3O3S. The lowest BCUT2D eigenvalue weighted by Crippen LogP contribution is -2.52. The molecule has 0 aliphatic carbocycles. The fourth-order valence-corrected chi connectivity index (χ4v) is 3.93. The maximum absolute atomic E-state index is 5.65. The predicted molar refractivity (Wildman–Crippen MR) is 111 cm³/mol. The van der Waals surface area contributed by atoms with E-state index in [9.17, 15) is 0 Å². The third-order valence-electron chi connectivity index (χ3n) is 5.40. The molecule has 0 amide bonds. The number of rotatable bonds is 6. The number of aryl methyl sites for hydroxylation is 1. The first kappa shape index (κ1) is 20.2. The zero-order chi connectivity index (χ0) is 19.2. The summed E-state index contributed by atoms with van der Waals surface area (Å²) in [4.78, 5) is 4.73. The second-order valence-electron chi connectivity index (χ2n) is 7.22. The molecule has 1 N–H and O–H groups in total. The number of piperazine rings is 1. The van der Waals surface area contributed by atoms with Gasteiger partial charge in [-0.2, -0.15) is 0 Å². The average Bonchev–Trinajstić information content (AvgIpc) is 3.21. The fraction of sp³-hybridized carbons (Fsp3) is 0.650. The van der Waals surface area contributed by atoms with Gasteiger partial charge in [0.15, 0.2) is 16.6 Å². The van der Waals surface area contributed by atoms with Crippen LogP contribution in [0.4, 0.5) is 0 Å². The maximum Gasteiger partial charge on any atom is 0.169 e. The summed E-state index contributed by atoms with van der Waals surface area (Å²) in [5.41, 5.74) is 2.50. The van der Waals surface area contributed by atoms with Crippen LogP contribution in [-0.2, 0) is 11.3 Å². The highest BCUT2D eigenvalue weighted by Crippen LogP contribution is 2.31. The molecule has 2 fully saturated rings. The molecule has 0 bridgehead atoms. The van der Waals surface area contributed by atoms with Gasteiger partial charge in [0.05, 0.1) is 20.3 Å². The number of thiocarbonyl (C=S) groups is 1. The Labute approximate surface area is 167 Å². The van der Waals surface area contributed by atoms with Crippen LogP contribution >= 0.6 is 12.2 Å². The molecular weight excluding hydrogens is 362 g/mol. The normalized spacial score (nSPS) is 20.6. The van der Waals surface area contributed by atoms with Crippen LogP contribution in [0.5, 0.6) is 11.5 Å². The van der Waals surface area contributed by atoms with Crippen molar-refractivity contribution in [2.24, 2.45) is 0 Å². The van der Waals surface area contributed by atoms with E-state index in [1.165, 1.54) is 11.1 Å². The predicted octanol–water partition coefficient (Wildman–Crippen LogP) is 2.18. The molecule has 0 unspecified atom stereocenters. The van der Waals surface area contributed by atoms with E-state index < -0.39 is 0 Å². The Hall–Kier alpha value is -1.57. The number of benzene rings is 1. The van der Waals surface area contributed by atoms with E-state index >= 15 is 0 Å². The van der Waals surface area contributed by atoms with Gasteiger partial charge in [0.1, 0.15) is 0 Å². The molecule has 6 nitrogen and oxygen atoms in total. The Morgan fingerprint density at radius 2 is 1.89 bits per heavy atom. The van der Waals surface area contributed by atoms with Gasteiger partial charge in [-0.25, -0.2) is 0 Å². The van der Waals surface area contributed by atoms with Crippen LogP contribution in [0, 0.1) is 6.92 Å². The summed E-state index contributed by atoms with van der Waals surface area (Å²) in [5, 5.41) is 4.23. The first-order chi connectivity index (χ1) is 13.1. The van der Waals surface area contributed by atoms with Crippen LogP contribution in [0.2, 0.25) is 0 Å². The average molecular weight is 394 g/mol. The van der Waals surface area contributed by atoms with Crippen molar-refractivity contribution in [1.29, 1.82) is 0 Å². The van der Waals surface area contributed by atoms with Gasteiger partial charge in [0.25, 0.3) is 0 Å². The van der Waals surface area contributed by atoms with E-state index in [4.69, 9.17) is 26.4 Å². The minimum Gasteiger partial charge on any atom is -0.493 e. The van der Waals surface area contributed by atoms with Crippen molar-refractivity contribution in [1.82, 2.24) is 15.1 Å². The number of hydrogen-bond acceptors (Lipinski definition) is 5. The van der Waals surface area contributed by atoms with Crippen molar-refractivity contribution in [3.8, 4) is 11.5 Å². The molecule has 7 heteroatoms. The molecule has 0 spiro atoms. The van der Waals surface area contributed by atoms with Gasteiger partial charge in [-0.15, -0.1) is 0 Å². The summed E-state index contributed by atoms with van der Waals surface area (Å²) in [6.07, 6.45) is 2.61. The monoisotopic (exact) mass is 393 g/mol. The summed E-state index contributed by atoms with van der Waals surface area (Å²) in [6, 6.07) is 4.14. The number of nitrogens with one attached hydrogen (secondary N) is 1. The third kappa shape index (κ3) is 5.24. The van der Waals surface area contributed by atoms with Crippen LogP contribution in [0.25, 0.3) is 0 Å². The zero-order valence-electron chi connectivity index (χ0n) is 16.6. The molecule has 2 heterocycles. The lowest BCUT2D eigenvalue weighted by atomic mass is 10.1. The van der Waals surface area contributed by atoms with Gasteiger partial charge < -0.3 is 24.4 Å². The van der Waals surface area contributed by atoms with E-state index in [0.29, 0.717) is 6.10 Å². The van der Waals surface area contributed by atoms with E-state index in [-0.39, 0.29) is 0 Å². The van der Waals surface area contributed by atoms with Gasteiger partial charge in [0.2, 0.25) is 0 Å². The SMILES string of the molecule is COc1cc(C)c(CN2CCN(C(=S)NC[C@H]3CCCO3)CC2)cc1OC. The molecule has 2 saturated heterocycles. The van der Waals surface area contributed by atoms with Gasteiger partial charge in [-0.3, -0.25) is 4.90 Å². The lowest BCUT2D eigenvalue weighted by molar-refractivity contribution is 0.112. The standard InChI is InChI=1S/C20H31N3O3S/c1-15-11-18(24-2)19(25-3)12-16(15)14-22-6-8-23(9-7-22)20(27)21-13-17-5-4-10-26-17/h11-12,17H,4-10,13-14H2,1-3H3,(H,21,27)/t17-/m1/s1. The molecule has 1 aromatic carbocycles. The summed E-state index contributed by atoms with van der Waals surface area (Å²) >= 11 is 5.57. The van der Waals surface area contributed by atoms with Crippen molar-refractivity contribution < 1.29 is 14.2 Å². The van der Waals surface area contributed by atoms with E-state index in [1.807, 2.05) is 0 Å². The van der Waals surface area contributed by atoms with Gasteiger partial charge in [-0.05, 0) is 55.2 Å². The van der Waals surface area contributed by atoms with Crippen molar-refractivity contribution in [3.63, 3.8) is 0 Å². The first-order valence-electron chi connectivity index (χ1n) is 9.69. The van der Waals surface area contributed by atoms with Crippen molar-refractivity contribution in [2.75, 3.05) is 53.6 Å². The van der Waals surface area contributed by atoms with Crippen LogP contribution in [0.15, 0.2) is 12.1 Å². The summed E-state index contributed by atoms with van der Waals surface area (Å²) < 4.78 is 16.5. The minimum absolute atomic E-state index is 0.317. The molecule has 0 saturated carbocycles. The molecule has 0 aromatic heterocycles. The highest BCUT2D eigenvalue weighted by Gasteiger charge is 2.21. The van der Waals surface area contributed by atoms with Gasteiger partial charge in [-0.1, -0.05) is 0 Å². The zero-order valence-corrected chi connectivity index (χ0v) is 17.4. The number of ether oxygens (including phenoxy) is 3. The summed E-state index contributed by atoms with van der Waals surface area (Å²) in [5.74, 6) is 1.57. The molecule has 1 aromatic rings. The van der Waals surface area contributed by atoms with Crippen LogP contribution in [0.1, 0.15) is 24.0 Å².